The van der Waals surface area contributed by atoms with Crippen LogP contribution in [0.1, 0.15) is 11.5 Å². The van der Waals surface area contributed by atoms with E-state index in [0.29, 0.717) is 0 Å². The number of aliphatic hydroxyl groups excluding tert-OH is 1. The molecule has 0 aliphatic heterocycles. The molecule has 3 atom stereocenters. The predicted octanol–water partition coefficient (Wildman–Crippen LogP) is 1.56. The van der Waals surface area contributed by atoms with E-state index in [1.54, 1.807) is 30.3 Å². The molecular formula is C17H19NO3S. The maximum Gasteiger partial charge on any atom is 0.182 e. The van der Waals surface area contributed by atoms with Crippen LogP contribution in [0.15, 0.2) is 65.6 Å². The summed E-state index contributed by atoms with van der Waals surface area (Å²) >= 11 is 0. The molecule has 0 saturated heterocycles. The highest BCUT2D eigenvalue weighted by Crippen LogP contribution is 2.63. The number of hydrogen-bond donors (Lipinski definition) is 2. The van der Waals surface area contributed by atoms with Gasteiger partial charge in [0.2, 0.25) is 0 Å². The van der Waals surface area contributed by atoms with E-state index in [1.807, 2.05) is 30.3 Å². The Labute approximate surface area is 130 Å². The maximum absolute atomic E-state index is 12.9. The van der Waals surface area contributed by atoms with Crippen molar-refractivity contribution in [2.24, 2.45) is 11.1 Å². The van der Waals surface area contributed by atoms with E-state index in [0.717, 1.165) is 5.56 Å². The molecule has 0 spiro atoms. The quantitative estimate of drug-likeness (QED) is 0.877. The van der Waals surface area contributed by atoms with E-state index in [9.17, 15) is 13.5 Å². The number of hydrogen-bond acceptors (Lipinski definition) is 4. The van der Waals surface area contributed by atoms with E-state index in [-0.39, 0.29) is 24.0 Å². The molecule has 116 valence electrons. The Morgan fingerprint density at radius 1 is 1.00 bits per heavy atom. The molecule has 5 heteroatoms. The molecule has 22 heavy (non-hydrogen) atoms. The zero-order chi connectivity index (χ0) is 15.8. The summed E-state index contributed by atoms with van der Waals surface area (Å²) in [6.07, 6.45) is 0. The second-order valence-electron chi connectivity index (χ2n) is 5.76. The fourth-order valence-electron chi connectivity index (χ4n) is 3.36. The molecule has 0 heterocycles. The lowest BCUT2D eigenvalue weighted by atomic mass is 10.0. The van der Waals surface area contributed by atoms with Gasteiger partial charge in [-0.1, -0.05) is 48.5 Å². The standard InChI is InChI=1S/C17H19NO3S/c18-11-17(12-19)15(13-7-3-1-4-8-13)16(17)22(20,21)14-9-5-2-6-10-14/h1-10,15-16,19H,11-12,18H2/t15-,16+,17+/m1/s1. The van der Waals surface area contributed by atoms with Crippen molar-refractivity contribution in [2.75, 3.05) is 13.2 Å². The van der Waals surface area contributed by atoms with Crippen LogP contribution in [0.4, 0.5) is 0 Å². The molecule has 4 nitrogen and oxygen atoms in total. The van der Waals surface area contributed by atoms with Gasteiger partial charge in [0.1, 0.15) is 0 Å². The molecule has 1 fully saturated rings. The average Bonchev–Trinajstić information content (AvgIpc) is 3.27. The van der Waals surface area contributed by atoms with Gasteiger partial charge in [-0.25, -0.2) is 8.42 Å². The summed E-state index contributed by atoms with van der Waals surface area (Å²) in [5.41, 5.74) is 5.96. The fourth-order valence-corrected chi connectivity index (χ4v) is 5.83. The van der Waals surface area contributed by atoms with Crippen LogP contribution in [-0.2, 0) is 9.84 Å². The van der Waals surface area contributed by atoms with Crippen molar-refractivity contribution >= 4 is 9.84 Å². The van der Waals surface area contributed by atoms with Gasteiger partial charge in [0.25, 0.3) is 0 Å². The molecule has 0 aromatic heterocycles. The topological polar surface area (TPSA) is 80.4 Å². The number of rotatable bonds is 5. The van der Waals surface area contributed by atoms with Gasteiger partial charge in [-0.05, 0) is 17.7 Å². The van der Waals surface area contributed by atoms with Crippen LogP contribution in [0.3, 0.4) is 0 Å². The minimum absolute atomic E-state index is 0.139. The highest BCUT2D eigenvalue weighted by atomic mass is 32.2. The second-order valence-corrected chi connectivity index (χ2v) is 7.83. The van der Waals surface area contributed by atoms with Gasteiger partial charge in [0, 0.05) is 17.9 Å². The normalized spacial score (nSPS) is 27.5. The van der Waals surface area contributed by atoms with Gasteiger partial charge in [0.05, 0.1) is 16.8 Å². The fraction of sp³-hybridized carbons (Fsp3) is 0.294. The van der Waals surface area contributed by atoms with E-state index < -0.39 is 20.5 Å². The number of sulfone groups is 1. The van der Waals surface area contributed by atoms with E-state index in [1.165, 1.54) is 0 Å². The SMILES string of the molecule is NC[C@]1(CO)[C@H](c2ccccc2)[C@@H]1S(=O)(=O)c1ccccc1. The minimum Gasteiger partial charge on any atom is -0.396 e. The van der Waals surface area contributed by atoms with Crippen LogP contribution in [0.5, 0.6) is 0 Å². The molecule has 0 unspecified atom stereocenters. The van der Waals surface area contributed by atoms with Crippen molar-refractivity contribution in [3.05, 3.63) is 66.2 Å². The lowest BCUT2D eigenvalue weighted by Gasteiger charge is -2.12. The van der Waals surface area contributed by atoms with E-state index >= 15 is 0 Å². The third-order valence-corrected chi connectivity index (χ3v) is 6.96. The van der Waals surface area contributed by atoms with Gasteiger partial charge < -0.3 is 10.8 Å². The maximum atomic E-state index is 12.9. The molecule has 1 saturated carbocycles. The smallest absolute Gasteiger partial charge is 0.182 e. The highest BCUT2D eigenvalue weighted by Gasteiger charge is 2.69. The van der Waals surface area contributed by atoms with Crippen molar-refractivity contribution in [3.8, 4) is 0 Å². The van der Waals surface area contributed by atoms with Crippen LogP contribution < -0.4 is 5.73 Å². The van der Waals surface area contributed by atoms with Gasteiger partial charge in [0.15, 0.2) is 9.84 Å². The van der Waals surface area contributed by atoms with Crippen molar-refractivity contribution in [1.29, 1.82) is 0 Å². The van der Waals surface area contributed by atoms with Crippen LogP contribution in [0.25, 0.3) is 0 Å². The number of aliphatic hydroxyl groups is 1. The van der Waals surface area contributed by atoms with E-state index in [4.69, 9.17) is 5.73 Å². The van der Waals surface area contributed by atoms with Gasteiger partial charge >= 0.3 is 0 Å². The summed E-state index contributed by atoms with van der Waals surface area (Å²) in [7, 11) is -3.53. The van der Waals surface area contributed by atoms with Crippen molar-refractivity contribution < 1.29 is 13.5 Å². The van der Waals surface area contributed by atoms with Gasteiger partial charge in [-0.2, -0.15) is 0 Å². The Hall–Kier alpha value is -1.69. The Morgan fingerprint density at radius 2 is 1.55 bits per heavy atom. The van der Waals surface area contributed by atoms with Crippen molar-refractivity contribution in [3.63, 3.8) is 0 Å². The van der Waals surface area contributed by atoms with Crippen LogP contribution in [0, 0.1) is 5.41 Å². The summed E-state index contributed by atoms with van der Waals surface area (Å²) in [5, 5.41) is 9.14. The molecule has 2 aromatic rings. The first-order valence-electron chi connectivity index (χ1n) is 7.23. The highest BCUT2D eigenvalue weighted by molar-refractivity contribution is 7.92. The second kappa shape index (κ2) is 5.50. The molecule has 2 aromatic carbocycles. The van der Waals surface area contributed by atoms with Crippen molar-refractivity contribution in [1.82, 2.24) is 0 Å². The van der Waals surface area contributed by atoms with Crippen LogP contribution >= 0.6 is 0 Å². The summed E-state index contributed by atoms with van der Waals surface area (Å²) < 4.78 is 25.9. The average molecular weight is 317 g/mol. The lowest BCUT2D eigenvalue weighted by molar-refractivity contribution is 0.212. The first kappa shape index (κ1) is 15.2. The number of benzene rings is 2. The first-order valence-corrected chi connectivity index (χ1v) is 8.77. The minimum atomic E-state index is -3.53. The monoisotopic (exact) mass is 317 g/mol. The summed E-state index contributed by atoms with van der Waals surface area (Å²) in [6.45, 7) is -0.0976. The molecule has 3 rings (SSSR count). The first-order chi connectivity index (χ1) is 10.6. The largest absolute Gasteiger partial charge is 0.396 e. The van der Waals surface area contributed by atoms with Crippen LogP contribution in [-0.4, -0.2) is 31.9 Å². The molecule has 0 amide bonds. The third kappa shape index (κ3) is 2.17. The summed E-state index contributed by atoms with van der Waals surface area (Å²) in [4.78, 5) is 0.282. The van der Waals surface area contributed by atoms with E-state index in [2.05, 4.69) is 0 Å². The lowest BCUT2D eigenvalue weighted by Crippen LogP contribution is -2.27. The molecule has 0 bridgehead atoms. The molecule has 1 aliphatic rings. The Balaban J connectivity index is 2.06. The predicted molar refractivity (Wildman–Crippen MR) is 85.2 cm³/mol. The zero-order valence-corrected chi connectivity index (χ0v) is 12.9. The molecular weight excluding hydrogens is 298 g/mol. The van der Waals surface area contributed by atoms with Crippen LogP contribution in [0.2, 0.25) is 0 Å². The Morgan fingerprint density at radius 3 is 2.05 bits per heavy atom. The number of nitrogens with two attached hydrogens (primary N) is 1. The Bertz CT molecular complexity index is 740. The third-order valence-electron chi connectivity index (χ3n) is 4.62. The zero-order valence-electron chi connectivity index (χ0n) is 12.1. The summed E-state index contributed by atoms with van der Waals surface area (Å²) in [6, 6.07) is 17.8. The Kier molecular flexibility index (Phi) is 3.80. The van der Waals surface area contributed by atoms with Gasteiger partial charge in [-0.3, -0.25) is 0 Å². The molecule has 3 N–H and O–H groups in total. The van der Waals surface area contributed by atoms with Crippen molar-refractivity contribution in [2.45, 2.75) is 16.1 Å². The van der Waals surface area contributed by atoms with Gasteiger partial charge in [-0.15, -0.1) is 0 Å². The summed E-state index contributed by atoms with van der Waals surface area (Å²) in [5.74, 6) is -0.270. The molecule has 0 radical (unpaired) electrons. The molecule has 1 aliphatic carbocycles.